The number of nitrogens with one attached hydrogen (secondary N) is 1. The molecule has 1 amide bonds. The molecule has 158 valence electrons. The first-order valence-corrected chi connectivity index (χ1v) is 9.55. The van der Waals surface area contributed by atoms with Gasteiger partial charge in [-0.15, -0.1) is 0 Å². The van der Waals surface area contributed by atoms with Gasteiger partial charge in [0, 0.05) is 43.3 Å². The standard InChI is InChI=1S/C21H22F2N4O3/c1-12(29)25-19-7-14-15(9-27(2)17(14)8-24-19)16-5-13(20(22)23)6-18(26-16)21(10-28)3-4-30-11-21/h5-9,20,28H,3-4,10-11H2,1-2H3,(H,24,25,29). The Morgan fingerprint density at radius 1 is 1.40 bits per heavy atom. The Morgan fingerprint density at radius 2 is 2.20 bits per heavy atom. The van der Waals surface area contributed by atoms with E-state index in [1.54, 1.807) is 18.5 Å². The molecule has 4 heterocycles. The fourth-order valence-electron chi connectivity index (χ4n) is 3.83. The second-order valence-corrected chi connectivity index (χ2v) is 7.63. The smallest absolute Gasteiger partial charge is 0.263 e. The predicted molar refractivity (Wildman–Crippen MR) is 107 cm³/mol. The van der Waals surface area contributed by atoms with Gasteiger partial charge in [-0.1, -0.05) is 0 Å². The summed E-state index contributed by atoms with van der Waals surface area (Å²) in [6.45, 7) is 1.82. The Morgan fingerprint density at radius 3 is 2.83 bits per heavy atom. The van der Waals surface area contributed by atoms with Crippen LogP contribution in [0.2, 0.25) is 0 Å². The molecule has 1 unspecified atom stereocenters. The third kappa shape index (κ3) is 3.54. The van der Waals surface area contributed by atoms with Crippen molar-refractivity contribution in [1.29, 1.82) is 0 Å². The fraction of sp³-hybridized carbons (Fsp3) is 0.381. The van der Waals surface area contributed by atoms with Crippen LogP contribution in [0.25, 0.3) is 22.2 Å². The van der Waals surface area contributed by atoms with E-state index in [0.717, 1.165) is 10.9 Å². The molecule has 1 aliphatic heterocycles. The van der Waals surface area contributed by atoms with Crippen LogP contribution in [0.3, 0.4) is 0 Å². The van der Waals surface area contributed by atoms with Crippen molar-refractivity contribution in [2.24, 2.45) is 7.05 Å². The van der Waals surface area contributed by atoms with Gasteiger partial charge >= 0.3 is 0 Å². The highest BCUT2D eigenvalue weighted by atomic mass is 19.3. The average molecular weight is 416 g/mol. The molecule has 3 aromatic rings. The van der Waals surface area contributed by atoms with Crippen LogP contribution in [0.15, 0.2) is 30.6 Å². The number of amides is 1. The lowest BCUT2D eigenvalue weighted by Crippen LogP contribution is -2.32. The summed E-state index contributed by atoms with van der Waals surface area (Å²) in [5.41, 5.74) is 1.20. The Hall–Kier alpha value is -2.91. The first-order valence-electron chi connectivity index (χ1n) is 9.55. The maximum atomic E-state index is 13.7. The van der Waals surface area contributed by atoms with Crippen LogP contribution in [0.4, 0.5) is 14.6 Å². The molecule has 0 bridgehead atoms. The molecule has 0 radical (unpaired) electrons. The molecule has 2 N–H and O–H groups in total. The second-order valence-electron chi connectivity index (χ2n) is 7.63. The van der Waals surface area contributed by atoms with Gasteiger partial charge in [-0.05, 0) is 24.6 Å². The van der Waals surface area contributed by atoms with Crippen LogP contribution in [0, 0.1) is 0 Å². The summed E-state index contributed by atoms with van der Waals surface area (Å²) in [6.07, 6.45) is 1.23. The maximum absolute atomic E-state index is 13.7. The van der Waals surface area contributed by atoms with Gasteiger partial charge in [0.1, 0.15) is 5.82 Å². The van der Waals surface area contributed by atoms with Crippen LogP contribution in [-0.4, -0.2) is 45.4 Å². The summed E-state index contributed by atoms with van der Waals surface area (Å²) in [6, 6.07) is 4.42. The SMILES string of the molecule is CC(=O)Nc1cc2c(-c3cc(C(F)F)cc(C4(CO)CCOC4)n3)cn(C)c2cn1. The Bertz CT molecular complexity index is 1110. The van der Waals surface area contributed by atoms with Gasteiger partial charge in [0.25, 0.3) is 6.43 Å². The number of halogens is 2. The average Bonchev–Trinajstić information content (AvgIpc) is 3.33. The molecule has 4 rings (SSSR count). The highest BCUT2D eigenvalue weighted by Gasteiger charge is 2.38. The van der Waals surface area contributed by atoms with Crippen molar-refractivity contribution >= 4 is 22.6 Å². The number of aromatic nitrogens is 3. The highest BCUT2D eigenvalue weighted by molar-refractivity contribution is 5.98. The summed E-state index contributed by atoms with van der Waals surface area (Å²) in [5, 5.41) is 13.4. The number of hydrogen-bond acceptors (Lipinski definition) is 5. The zero-order valence-corrected chi connectivity index (χ0v) is 16.7. The molecule has 9 heteroatoms. The number of alkyl halides is 2. The van der Waals surface area contributed by atoms with Crippen molar-refractivity contribution in [1.82, 2.24) is 14.5 Å². The predicted octanol–water partition coefficient (Wildman–Crippen LogP) is 3.18. The molecule has 0 aromatic carbocycles. The first-order chi connectivity index (χ1) is 14.3. The molecule has 1 atom stereocenters. The molecule has 1 aliphatic rings. The summed E-state index contributed by atoms with van der Waals surface area (Å²) in [5.74, 6) is 0.106. The number of rotatable bonds is 5. The van der Waals surface area contributed by atoms with Crippen molar-refractivity contribution in [3.05, 3.63) is 41.9 Å². The summed E-state index contributed by atoms with van der Waals surface area (Å²) in [4.78, 5) is 20.3. The van der Waals surface area contributed by atoms with Gasteiger partial charge in [-0.25, -0.2) is 13.8 Å². The van der Waals surface area contributed by atoms with E-state index >= 15 is 0 Å². The number of nitrogens with zero attached hydrogens (tertiary/aromatic N) is 3. The van der Waals surface area contributed by atoms with Crippen molar-refractivity contribution in [2.75, 3.05) is 25.1 Å². The molecule has 30 heavy (non-hydrogen) atoms. The van der Waals surface area contributed by atoms with Crippen molar-refractivity contribution in [2.45, 2.75) is 25.2 Å². The molecular weight excluding hydrogens is 394 g/mol. The Kier molecular flexibility index (Phi) is 5.25. The number of anilines is 1. The van der Waals surface area contributed by atoms with E-state index in [1.807, 2.05) is 11.6 Å². The number of fused-ring (bicyclic) bond motifs is 1. The number of carbonyl (C=O) groups is 1. The van der Waals surface area contributed by atoms with Crippen molar-refractivity contribution < 1.29 is 23.4 Å². The van der Waals surface area contributed by atoms with Crippen LogP contribution >= 0.6 is 0 Å². The minimum Gasteiger partial charge on any atom is -0.395 e. The number of pyridine rings is 2. The largest absolute Gasteiger partial charge is 0.395 e. The van der Waals surface area contributed by atoms with E-state index in [9.17, 15) is 18.7 Å². The van der Waals surface area contributed by atoms with Gasteiger partial charge in [0.15, 0.2) is 0 Å². The monoisotopic (exact) mass is 416 g/mol. The number of aryl methyl sites for hydroxylation is 1. The van der Waals surface area contributed by atoms with Crippen LogP contribution in [0.5, 0.6) is 0 Å². The molecule has 0 saturated carbocycles. The van der Waals surface area contributed by atoms with Crippen LogP contribution < -0.4 is 5.32 Å². The number of carbonyl (C=O) groups excluding carboxylic acids is 1. The fourth-order valence-corrected chi connectivity index (χ4v) is 3.83. The van der Waals surface area contributed by atoms with Crippen molar-refractivity contribution in [3.63, 3.8) is 0 Å². The number of aliphatic hydroxyl groups excluding tert-OH is 1. The number of hydrogen-bond donors (Lipinski definition) is 2. The van der Waals surface area contributed by atoms with Crippen molar-refractivity contribution in [3.8, 4) is 11.3 Å². The van der Waals surface area contributed by atoms with Crippen LogP contribution in [0.1, 0.15) is 31.0 Å². The second kappa shape index (κ2) is 7.73. The summed E-state index contributed by atoms with van der Waals surface area (Å²) >= 11 is 0. The topological polar surface area (TPSA) is 89.3 Å². The third-order valence-electron chi connectivity index (χ3n) is 5.50. The summed E-state index contributed by atoms with van der Waals surface area (Å²) in [7, 11) is 1.82. The van der Waals surface area contributed by atoms with Crippen LogP contribution in [-0.2, 0) is 22.0 Å². The molecule has 0 spiro atoms. The lowest BCUT2D eigenvalue weighted by molar-refractivity contribution is -0.114. The molecule has 7 nitrogen and oxygen atoms in total. The lowest BCUT2D eigenvalue weighted by Gasteiger charge is -2.25. The normalized spacial score (nSPS) is 19.0. The lowest BCUT2D eigenvalue weighted by atomic mass is 9.83. The van der Waals surface area contributed by atoms with E-state index in [4.69, 9.17) is 4.74 Å². The minimum atomic E-state index is -2.69. The van der Waals surface area contributed by atoms with Gasteiger partial charge in [-0.2, -0.15) is 0 Å². The zero-order valence-electron chi connectivity index (χ0n) is 16.7. The zero-order chi connectivity index (χ0) is 21.5. The molecule has 0 aliphatic carbocycles. The first kappa shape index (κ1) is 20.4. The van der Waals surface area contributed by atoms with Gasteiger partial charge in [0.2, 0.25) is 5.91 Å². The molecular formula is C21H22F2N4O3. The quantitative estimate of drug-likeness (QED) is 0.667. The number of ether oxygens (including phenoxy) is 1. The van der Waals surface area contributed by atoms with E-state index in [0.29, 0.717) is 35.8 Å². The van der Waals surface area contributed by atoms with Gasteiger partial charge in [0.05, 0.1) is 41.7 Å². The Balaban J connectivity index is 1.91. The van der Waals surface area contributed by atoms with E-state index in [1.165, 1.54) is 19.1 Å². The molecule has 3 aromatic heterocycles. The minimum absolute atomic E-state index is 0.164. The maximum Gasteiger partial charge on any atom is 0.263 e. The molecule has 1 fully saturated rings. The van der Waals surface area contributed by atoms with Gasteiger partial charge < -0.3 is 19.7 Å². The van der Waals surface area contributed by atoms with Gasteiger partial charge in [-0.3, -0.25) is 9.78 Å². The van der Waals surface area contributed by atoms with E-state index in [-0.39, 0.29) is 24.7 Å². The third-order valence-corrected chi connectivity index (χ3v) is 5.50. The molecule has 1 saturated heterocycles. The Labute approximate surface area is 171 Å². The van der Waals surface area contributed by atoms with E-state index < -0.39 is 11.8 Å². The summed E-state index contributed by atoms with van der Waals surface area (Å²) < 4.78 is 34.7. The highest BCUT2D eigenvalue weighted by Crippen LogP contribution is 2.37. The number of aliphatic hydroxyl groups is 1. The van der Waals surface area contributed by atoms with E-state index in [2.05, 4.69) is 15.3 Å².